The fourth-order valence-electron chi connectivity index (χ4n) is 2.89. The fourth-order valence-corrected chi connectivity index (χ4v) is 2.89. The van der Waals surface area contributed by atoms with Crippen molar-refractivity contribution in [3.05, 3.63) is 0 Å². The lowest BCUT2D eigenvalue weighted by atomic mass is 9.96. The third-order valence-corrected chi connectivity index (χ3v) is 4.07. The molecule has 1 N–H and O–H groups in total. The van der Waals surface area contributed by atoms with E-state index in [2.05, 4.69) is 28.8 Å². The Morgan fingerprint density at radius 2 is 2.19 bits per heavy atom. The third kappa shape index (κ3) is 6.93. The van der Waals surface area contributed by atoms with Gasteiger partial charge in [-0.25, -0.2) is 0 Å². The monoisotopic (exact) mass is 298 g/mol. The Morgan fingerprint density at radius 3 is 2.86 bits per heavy atom. The van der Waals surface area contributed by atoms with E-state index >= 15 is 0 Å². The van der Waals surface area contributed by atoms with E-state index in [4.69, 9.17) is 0 Å². The molecular weight excluding hydrogens is 268 g/mol. The van der Waals surface area contributed by atoms with Crippen LogP contribution in [-0.2, 0) is 14.3 Å². The summed E-state index contributed by atoms with van der Waals surface area (Å²) in [5, 5.41) is 3.11. The van der Waals surface area contributed by atoms with Crippen LogP contribution in [0.3, 0.4) is 0 Å². The molecule has 0 spiro atoms. The number of nitrogens with one attached hydrogen (secondary N) is 1. The first-order valence-corrected chi connectivity index (χ1v) is 8.16. The molecule has 1 amide bonds. The van der Waals surface area contributed by atoms with E-state index in [1.165, 1.54) is 7.11 Å². The summed E-state index contributed by atoms with van der Waals surface area (Å²) in [7, 11) is 1.42. The molecular formula is C16H30N2O3. The van der Waals surface area contributed by atoms with Gasteiger partial charge in [-0.1, -0.05) is 13.3 Å². The van der Waals surface area contributed by atoms with Gasteiger partial charge in [0.05, 0.1) is 13.0 Å². The highest BCUT2D eigenvalue weighted by molar-refractivity contribution is 5.79. The average Bonchev–Trinajstić information content (AvgIpc) is 2.47. The first kappa shape index (κ1) is 18.0. The number of ether oxygens (including phenoxy) is 1. The minimum absolute atomic E-state index is 0.0937. The maximum absolute atomic E-state index is 12.2. The van der Waals surface area contributed by atoms with Crippen molar-refractivity contribution in [3.63, 3.8) is 0 Å². The predicted molar refractivity (Wildman–Crippen MR) is 82.9 cm³/mol. The van der Waals surface area contributed by atoms with Crippen molar-refractivity contribution < 1.29 is 14.3 Å². The van der Waals surface area contributed by atoms with Gasteiger partial charge in [0.15, 0.2) is 0 Å². The average molecular weight is 298 g/mol. The lowest BCUT2D eigenvalue weighted by Crippen LogP contribution is -2.45. The van der Waals surface area contributed by atoms with E-state index in [1.54, 1.807) is 0 Å². The lowest BCUT2D eigenvalue weighted by Gasteiger charge is -2.32. The van der Waals surface area contributed by atoms with Gasteiger partial charge in [0.1, 0.15) is 0 Å². The highest BCUT2D eigenvalue weighted by Crippen LogP contribution is 2.17. The zero-order chi connectivity index (χ0) is 15.7. The Hall–Kier alpha value is -1.10. The number of carbonyl (C=O) groups excluding carboxylic acids is 2. The highest BCUT2D eigenvalue weighted by Gasteiger charge is 2.26. The van der Waals surface area contributed by atoms with E-state index < -0.39 is 0 Å². The second-order valence-corrected chi connectivity index (χ2v) is 6.02. The Bertz CT molecular complexity index is 333. The van der Waals surface area contributed by atoms with E-state index in [-0.39, 0.29) is 23.8 Å². The summed E-state index contributed by atoms with van der Waals surface area (Å²) in [4.78, 5) is 25.6. The Kier molecular flexibility index (Phi) is 8.35. The second kappa shape index (κ2) is 9.77. The Morgan fingerprint density at radius 1 is 1.43 bits per heavy atom. The van der Waals surface area contributed by atoms with Crippen LogP contribution in [0.15, 0.2) is 0 Å². The molecule has 1 heterocycles. The van der Waals surface area contributed by atoms with Crippen LogP contribution in [0, 0.1) is 5.92 Å². The minimum Gasteiger partial charge on any atom is -0.469 e. The largest absolute Gasteiger partial charge is 0.469 e. The molecule has 5 heteroatoms. The molecule has 0 aromatic heterocycles. The molecule has 1 fully saturated rings. The van der Waals surface area contributed by atoms with Gasteiger partial charge in [-0.15, -0.1) is 0 Å². The van der Waals surface area contributed by atoms with Gasteiger partial charge in [0, 0.05) is 19.0 Å². The molecule has 0 aromatic rings. The number of amides is 1. The molecule has 1 aliphatic rings. The van der Waals surface area contributed by atoms with Crippen molar-refractivity contribution in [1.29, 1.82) is 0 Å². The van der Waals surface area contributed by atoms with Crippen LogP contribution in [0.4, 0.5) is 0 Å². The van der Waals surface area contributed by atoms with Crippen molar-refractivity contribution in [2.75, 3.05) is 26.7 Å². The van der Waals surface area contributed by atoms with Gasteiger partial charge in [-0.05, 0) is 45.7 Å². The molecule has 122 valence electrons. The van der Waals surface area contributed by atoms with E-state index in [0.29, 0.717) is 6.42 Å². The number of rotatable bonds is 8. The Balaban J connectivity index is 2.30. The molecule has 0 saturated carbocycles. The normalized spacial score (nSPS) is 20.8. The van der Waals surface area contributed by atoms with Gasteiger partial charge < -0.3 is 15.0 Å². The van der Waals surface area contributed by atoms with Crippen LogP contribution in [0.2, 0.25) is 0 Å². The van der Waals surface area contributed by atoms with Crippen molar-refractivity contribution in [1.82, 2.24) is 10.2 Å². The number of likely N-dealkylation sites (tertiary alicyclic amines) is 1. The van der Waals surface area contributed by atoms with Crippen LogP contribution in [0.1, 0.15) is 52.4 Å². The van der Waals surface area contributed by atoms with Crippen LogP contribution >= 0.6 is 0 Å². The van der Waals surface area contributed by atoms with Gasteiger partial charge >= 0.3 is 5.97 Å². The molecule has 0 aliphatic carbocycles. The number of esters is 1. The van der Waals surface area contributed by atoms with Gasteiger partial charge in [0.25, 0.3) is 0 Å². The first-order chi connectivity index (χ1) is 10.1. The van der Waals surface area contributed by atoms with Gasteiger partial charge in [-0.2, -0.15) is 0 Å². The summed E-state index contributed by atoms with van der Waals surface area (Å²) in [6.45, 7) is 6.90. The second-order valence-electron chi connectivity index (χ2n) is 6.02. The van der Waals surface area contributed by atoms with Crippen LogP contribution in [-0.4, -0.2) is 49.6 Å². The van der Waals surface area contributed by atoms with Crippen molar-refractivity contribution in [3.8, 4) is 0 Å². The fraction of sp³-hybridized carbons (Fsp3) is 0.875. The topological polar surface area (TPSA) is 58.6 Å². The molecule has 1 saturated heterocycles. The number of piperidine rings is 1. The lowest BCUT2D eigenvalue weighted by molar-refractivity contribution is -0.141. The van der Waals surface area contributed by atoms with Crippen LogP contribution in [0.5, 0.6) is 0 Å². The zero-order valence-corrected chi connectivity index (χ0v) is 13.7. The summed E-state index contributed by atoms with van der Waals surface area (Å²) in [5.41, 5.74) is 0. The summed E-state index contributed by atoms with van der Waals surface area (Å²) >= 11 is 0. The van der Waals surface area contributed by atoms with Gasteiger partial charge in [-0.3, -0.25) is 9.59 Å². The van der Waals surface area contributed by atoms with Gasteiger partial charge in [0.2, 0.25) is 5.91 Å². The number of nitrogens with zero attached hydrogens (tertiary/aromatic N) is 1. The molecule has 1 rings (SSSR count). The highest BCUT2D eigenvalue weighted by atomic mass is 16.5. The van der Waals surface area contributed by atoms with Crippen molar-refractivity contribution >= 4 is 11.9 Å². The predicted octanol–water partition coefficient (Wildman–Crippen LogP) is 1.96. The number of carbonyl (C=O) groups is 2. The molecule has 2 unspecified atom stereocenters. The van der Waals surface area contributed by atoms with E-state index in [1.807, 2.05) is 0 Å². The maximum Gasteiger partial charge on any atom is 0.305 e. The summed E-state index contributed by atoms with van der Waals surface area (Å²) in [6.07, 6.45) is 5.40. The molecule has 1 aliphatic heterocycles. The molecule has 5 nitrogen and oxygen atoms in total. The SMILES string of the molecule is CCCC(C)NC(=O)C1CCCN(CCCC(=O)OC)C1. The summed E-state index contributed by atoms with van der Waals surface area (Å²) in [5.74, 6) is 0.125. The quantitative estimate of drug-likeness (QED) is 0.696. The van der Waals surface area contributed by atoms with E-state index in [9.17, 15) is 9.59 Å². The van der Waals surface area contributed by atoms with Crippen molar-refractivity contribution in [2.45, 2.75) is 58.4 Å². The van der Waals surface area contributed by atoms with Crippen LogP contribution < -0.4 is 5.32 Å². The zero-order valence-electron chi connectivity index (χ0n) is 13.7. The molecule has 21 heavy (non-hydrogen) atoms. The third-order valence-electron chi connectivity index (χ3n) is 4.07. The minimum atomic E-state index is -0.158. The Labute approximate surface area is 128 Å². The molecule has 2 atom stereocenters. The smallest absolute Gasteiger partial charge is 0.305 e. The summed E-state index contributed by atoms with van der Waals surface area (Å²) in [6, 6.07) is 0.261. The van der Waals surface area contributed by atoms with E-state index in [0.717, 1.165) is 51.7 Å². The van der Waals surface area contributed by atoms with Crippen molar-refractivity contribution in [2.24, 2.45) is 5.92 Å². The molecule has 0 radical (unpaired) electrons. The first-order valence-electron chi connectivity index (χ1n) is 8.16. The maximum atomic E-state index is 12.2. The number of hydrogen-bond acceptors (Lipinski definition) is 4. The molecule has 0 bridgehead atoms. The number of methoxy groups -OCH3 is 1. The summed E-state index contributed by atoms with van der Waals surface area (Å²) < 4.78 is 4.64. The van der Waals surface area contributed by atoms with Crippen LogP contribution in [0.25, 0.3) is 0 Å². The number of hydrogen-bond donors (Lipinski definition) is 1. The standard InChI is InChI=1S/C16H30N2O3/c1-4-7-13(2)17-16(20)14-8-5-10-18(12-14)11-6-9-15(19)21-3/h13-14H,4-12H2,1-3H3,(H,17,20). The molecule has 0 aromatic carbocycles.